The summed E-state index contributed by atoms with van der Waals surface area (Å²) in [6, 6.07) is 5.56. The number of nitrogens with one attached hydrogen (secondary N) is 1. The van der Waals surface area contributed by atoms with Gasteiger partial charge < -0.3 is 11.1 Å². The van der Waals surface area contributed by atoms with Crippen molar-refractivity contribution >= 4 is 23.0 Å². The lowest BCUT2D eigenvalue weighted by molar-refractivity contribution is 0.519. The average Bonchev–Trinajstić information content (AvgIpc) is 2.76. The summed E-state index contributed by atoms with van der Waals surface area (Å²) in [7, 11) is 0. The Balaban J connectivity index is 1.82. The highest BCUT2D eigenvalue weighted by atomic mass is 35.5. The molecule has 0 amide bonds. The predicted molar refractivity (Wildman–Crippen MR) is 70.9 cm³/mol. The molecule has 1 saturated carbocycles. The summed E-state index contributed by atoms with van der Waals surface area (Å²) in [5.41, 5.74) is 7.60. The van der Waals surface area contributed by atoms with Crippen molar-refractivity contribution in [3.05, 3.63) is 23.2 Å². The summed E-state index contributed by atoms with van der Waals surface area (Å²) < 4.78 is 0. The van der Waals surface area contributed by atoms with Crippen LogP contribution in [0.1, 0.15) is 32.1 Å². The van der Waals surface area contributed by atoms with Crippen LogP contribution in [0.25, 0.3) is 0 Å². The van der Waals surface area contributed by atoms with E-state index in [-0.39, 0.29) is 0 Å². The molecule has 1 fully saturated rings. The van der Waals surface area contributed by atoms with Gasteiger partial charge in [0.1, 0.15) is 0 Å². The van der Waals surface area contributed by atoms with Gasteiger partial charge in [0, 0.05) is 11.6 Å². The monoisotopic (exact) mass is 238 g/mol. The van der Waals surface area contributed by atoms with Crippen molar-refractivity contribution in [2.75, 3.05) is 17.6 Å². The molecule has 0 atom stereocenters. The van der Waals surface area contributed by atoms with E-state index in [1.165, 1.54) is 32.1 Å². The molecule has 3 heteroatoms. The van der Waals surface area contributed by atoms with Crippen LogP contribution in [0.5, 0.6) is 0 Å². The highest BCUT2D eigenvalue weighted by molar-refractivity contribution is 6.31. The van der Waals surface area contributed by atoms with Gasteiger partial charge in [-0.2, -0.15) is 0 Å². The SMILES string of the molecule is Nc1ccc(Cl)cc1NCCC1CCCC1. The number of benzene rings is 1. The maximum atomic E-state index is 5.93. The first kappa shape index (κ1) is 11.6. The van der Waals surface area contributed by atoms with Crippen LogP contribution < -0.4 is 11.1 Å². The molecular weight excluding hydrogens is 220 g/mol. The fourth-order valence-corrected chi connectivity index (χ4v) is 2.56. The minimum absolute atomic E-state index is 0.734. The van der Waals surface area contributed by atoms with Crippen LogP contribution in [-0.4, -0.2) is 6.54 Å². The Kier molecular flexibility index (Phi) is 3.94. The zero-order chi connectivity index (χ0) is 11.4. The lowest BCUT2D eigenvalue weighted by Gasteiger charge is -2.12. The van der Waals surface area contributed by atoms with Crippen LogP contribution in [0.15, 0.2) is 18.2 Å². The van der Waals surface area contributed by atoms with Crippen LogP contribution in [0.2, 0.25) is 5.02 Å². The van der Waals surface area contributed by atoms with Crippen molar-refractivity contribution in [3.8, 4) is 0 Å². The second-order valence-electron chi connectivity index (χ2n) is 4.60. The first-order valence-corrected chi connectivity index (χ1v) is 6.42. The molecule has 0 heterocycles. The Morgan fingerprint density at radius 1 is 1.31 bits per heavy atom. The van der Waals surface area contributed by atoms with Gasteiger partial charge in [-0.05, 0) is 30.5 Å². The third-order valence-corrected chi connectivity index (χ3v) is 3.59. The molecule has 1 aliphatic rings. The number of anilines is 2. The van der Waals surface area contributed by atoms with E-state index in [2.05, 4.69) is 5.32 Å². The van der Waals surface area contributed by atoms with Gasteiger partial charge in [-0.3, -0.25) is 0 Å². The molecular formula is C13H19ClN2. The van der Waals surface area contributed by atoms with Crippen molar-refractivity contribution in [3.63, 3.8) is 0 Å². The summed E-state index contributed by atoms with van der Waals surface area (Å²) in [6.45, 7) is 0.995. The summed E-state index contributed by atoms with van der Waals surface area (Å²) in [5, 5.41) is 4.11. The van der Waals surface area contributed by atoms with E-state index in [0.29, 0.717) is 0 Å². The van der Waals surface area contributed by atoms with Gasteiger partial charge in [0.25, 0.3) is 0 Å². The van der Waals surface area contributed by atoms with Gasteiger partial charge in [-0.15, -0.1) is 0 Å². The van der Waals surface area contributed by atoms with Crippen LogP contribution in [-0.2, 0) is 0 Å². The average molecular weight is 239 g/mol. The smallest absolute Gasteiger partial charge is 0.0588 e. The molecule has 1 aliphatic carbocycles. The highest BCUT2D eigenvalue weighted by Crippen LogP contribution is 2.28. The summed E-state index contributed by atoms with van der Waals surface area (Å²) in [5.74, 6) is 0.910. The molecule has 88 valence electrons. The third-order valence-electron chi connectivity index (χ3n) is 3.36. The maximum Gasteiger partial charge on any atom is 0.0588 e. The molecule has 1 aromatic rings. The first-order valence-electron chi connectivity index (χ1n) is 6.04. The van der Waals surface area contributed by atoms with Gasteiger partial charge in [-0.1, -0.05) is 37.3 Å². The fraction of sp³-hybridized carbons (Fsp3) is 0.538. The molecule has 0 aromatic heterocycles. The van der Waals surface area contributed by atoms with Gasteiger partial charge >= 0.3 is 0 Å². The molecule has 0 unspecified atom stereocenters. The van der Waals surface area contributed by atoms with Crippen molar-refractivity contribution in [1.82, 2.24) is 0 Å². The molecule has 1 aromatic carbocycles. The van der Waals surface area contributed by atoms with Crippen LogP contribution >= 0.6 is 11.6 Å². The van der Waals surface area contributed by atoms with Crippen LogP contribution in [0.4, 0.5) is 11.4 Å². The van der Waals surface area contributed by atoms with E-state index in [9.17, 15) is 0 Å². The second kappa shape index (κ2) is 5.44. The minimum Gasteiger partial charge on any atom is -0.397 e. The summed E-state index contributed by atoms with van der Waals surface area (Å²) >= 11 is 5.93. The van der Waals surface area contributed by atoms with E-state index in [1.54, 1.807) is 0 Å². The van der Waals surface area contributed by atoms with E-state index in [4.69, 9.17) is 17.3 Å². The third kappa shape index (κ3) is 3.05. The number of halogens is 1. The van der Waals surface area contributed by atoms with Crippen molar-refractivity contribution in [1.29, 1.82) is 0 Å². The Morgan fingerprint density at radius 3 is 2.81 bits per heavy atom. The Bertz CT molecular complexity index is 346. The molecule has 0 spiro atoms. The normalized spacial score (nSPS) is 16.6. The minimum atomic E-state index is 0.734. The Hall–Kier alpha value is -0.890. The molecule has 16 heavy (non-hydrogen) atoms. The van der Waals surface area contributed by atoms with E-state index in [0.717, 1.165) is 28.9 Å². The molecule has 2 nitrogen and oxygen atoms in total. The molecule has 3 N–H and O–H groups in total. The van der Waals surface area contributed by atoms with Crippen molar-refractivity contribution < 1.29 is 0 Å². The number of rotatable bonds is 4. The number of nitrogens with two attached hydrogens (primary N) is 1. The molecule has 0 saturated heterocycles. The zero-order valence-electron chi connectivity index (χ0n) is 9.51. The predicted octanol–water partition coefficient (Wildman–Crippen LogP) is 3.91. The maximum absolute atomic E-state index is 5.93. The molecule has 0 aliphatic heterocycles. The highest BCUT2D eigenvalue weighted by Gasteiger charge is 2.14. The standard InChI is InChI=1S/C13H19ClN2/c14-11-5-6-12(15)13(9-11)16-8-7-10-3-1-2-4-10/h5-6,9-10,16H,1-4,7-8,15H2. The molecule has 0 radical (unpaired) electrons. The number of hydrogen-bond acceptors (Lipinski definition) is 2. The molecule has 0 bridgehead atoms. The second-order valence-corrected chi connectivity index (χ2v) is 5.03. The fourth-order valence-electron chi connectivity index (χ4n) is 2.39. The lowest BCUT2D eigenvalue weighted by Crippen LogP contribution is -2.08. The quantitative estimate of drug-likeness (QED) is 0.781. The Labute approximate surface area is 102 Å². The van der Waals surface area contributed by atoms with Crippen LogP contribution in [0, 0.1) is 5.92 Å². The van der Waals surface area contributed by atoms with E-state index < -0.39 is 0 Å². The topological polar surface area (TPSA) is 38.0 Å². The van der Waals surface area contributed by atoms with Crippen molar-refractivity contribution in [2.45, 2.75) is 32.1 Å². The first-order chi connectivity index (χ1) is 7.75. The van der Waals surface area contributed by atoms with Crippen molar-refractivity contribution in [2.24, 2.45) is 5.92 Å². The number of nitrogen functional groups attached to an aromatic ring is 1. The van der Waals surface area contributed by atoms with Gasteiger partial charge in [0.2, 0.25) is 0 Å². The molecule has 2 rings (SSSR count). The Morgan fingerprint density at radius 2 is 2.06 bits per heavy atom. The number of hydrogen-bond donors (Lipinski definition) is 2. The van der Waals surface area contributed by atoms with E-state index in [1.807, 2.05) is 18.2 Å². The summed E-state index contributed by atoms with van der Waals surface area (Å²) in [4.78, 5) is 0. The van der Waals surface area contributed by atoms with Gasteiger partial charge in [-0.25, -0.2) is 0 Å². The largest absolute Gasteiger partial charge is 0.397 e. The van der Waals surface area contributed by atoms with Gasteiger partial charge in [0.15, 0.2) is 0 Å². The zero-order valence-corrected chi connectivity index (χ0v) is 10.3. The van der Waals surface area contributed by atoms with Gasteiger partial charge in [0.05, 0.1) is 11.4 Å². The summed E-state index contributed by atoms with van der Waals surface area (Å²) in [6.07, 6.45) is 6.85. The lowest BCUT2D eigenvalue weighted by atomic mass is 10.0. The van der Waals surface area contributed by atoms with Crippen LogP contribution in [0.3, 0.4) is 0 Å². The van der Waals surface area contributed by atoms with E-state index >= 15 is 0 Å².